The summed E-state index contributed by atoms with van der Waals surface area (Å²) in [4.78, 5) is 21.9. The Kier molecular flexibility index (Phi) is 6.17. The summed E-state index contributed by atoms with van der Waals surface area (Å²) in [6.07, 6.45) is 1.13. The Bertz CT molecular complexity index is 251. The predicted molar refractivity (Wildman–Crippen MR) is 57.7 cm³/mol. The first-order valence-electron chi connectivity index (χ1n) is 4.89. The molecule has 0 rings (SSSR count). The minimum atomic E-state index is -1.01. The lowest BCUT2D eigenvalue weighted by atomic mass is 10.2. The lowest BCUT2D eigenvalue weighted by Crippen LogP contribution is -2.46. The Morgan fingerprint density at radius 3 is 2.47 bits per heavy atom. The fourth-order valence-corrected chi connectivity index (χ4v) is 0.986. The van der Waals surface area contributed by atoms with Crippen molar-refractivity contribution in [1.29, 1.82) is 0 Å². The van der Waals surface area contributed by atoms with Crippen LogP contribution in [0.15, 0.2) is 12.2 Å². The van der Waals surface area contributed by atoms with Gasteiger partial charge in [0.1, 0.15) is 6.04 Å². The third kappa shape index (κ3) is 6.54. The Labute approximate surface area is 89.6 Å². The molecule has 5 nitrogen and oxygen atoms in total. The number of hydrogen-bond donors (Lipinski definition) is 3. The second kappa shape index (κ2) is 6.86. The number of urea groups is 1. The van der Waals surface area contributed by atoms with Gasteiger partial charge in [0, 0.05) is 6.54 Å². The first-order valence-corrected chi connectivity index (χ1v) is 4.89. The number of nitrogens with one attached hydrogen (secondary N) is 2. The summed E-state index contributed by atoms with van der Waals surface area (Å²) in [5, 5.41) is 13.7. The molecule has 0 spiro atoms. The molecule has 0 aliphatic rings. The van der Waals surface area contributed by atoms with Crippen molar-refractivity contribution in [1.82, 2.24) is 10.6 Å². The first kappa shape index (κ1) is 13.5. The number of carbonyl (C=O) groups excluding carboxylic acids is 1. The van der Waals surface area contributed by atoms with Crippen LogP contribution in [0, 0.1) is 0 Å². The van der Waals surface area contributed by atoms with Gasteiger partial charge in [-0.25, -0.2) is 9.59 Å². The molecule has 5 heteroatoms. The van der Waals surface area contributed by atoms with E-state index in [4.69, 9.17) is 5.11 Å². The van der Waals surface area contributed by atoms with Crippen LogP contribution >= 0.6 is 0 Å². The number of carboxylic acids is 1. The number of hydrogen-bond acceptors (Lipinski definition) is 2. The van der Waals surface area contributed by atoms with Gasteiger partial charge in [0.25, 0.3) is 0 Å². The minimum absolute atomic E-state index is 0.351. The fourth-order valence-electron chi connectivity index (χ4n) is 0.986. The van der Waals surface area contributed by atoms with Gasteiger partial charge in [0.2, 0.25) is 0 Å². The number of aliphatic carboxylic acids is 1. The molecule has 0 aliphatic carbocycles. The number of carboxylic acid groups (broad SMARTS) is 1. The summed E-state index contributed by atoms with van der Waals surface area (Å²) in [6.45, 7) is 7.61. The van der Waals surface area contributed by atoms with Crippen LogP contribution in [0.25, 0.3) is 0 Å². The summed E-state index contributed by atoms with van der Waals surface area (Å²) in [5.41, 5.74) is 0.813. The molecule has 86 valence electrons. The van der Waals surface area contributed by atoms with Crippen LogP contribution in [0.3, 0.4) is 0 Å². The van der Waals surface area contributed by atoms with Crippen LogP contribution in [0.5, 0.6) is 0 Å². The Morgan fingerprint density at radius 1 is 1.47 bits per heavy atom. The first-order chi connectivity index (χ1) is 6.97. The molecule has 3 N–H and O–H groups in total. The third-order valence-electron chi connectivity index (χ3n) is 1.73. The van der Waals surface area contributed by atoms with Crippen molar-refractivity contribution in [3.63, 3.8) is 0 Å². The summed E-state index contributed by atoms with van der Waals surface area (Å²) in [7, 11) is 0. The van der Waals surface area contributed by atoms with Gasteiger partial charge in [-0.05, 0) is 13.3 Å². The molecule has 0 saturated carbocycles. The van der Waals surface area contributed by atoms with Gasteiger partial charge in [-0.1, -0.05) is 25.5 Å². The average Bonchev–Trinajstić information content (AvgIpc) is 2.14. The highest BCUT2D eigenvalue weighted by Crippen LogP contribution is 1.96. The topological polar surface area (TPSA) is 78.4 Å². The Balaban J connectivity index is 3.99. The highest BCUT2D eigenvalue weighted by molar-refractivity contribution is 5.82. The predicted octanol–water partition coefficient (Wildman–Crippen LogP) is 1.11. The molecule has 0 saturated heterocycles. The van der Waals surface area contributed by atoms with Gasteiger partial charge in [0.15, 0.2) is 0 Å². The number of carbonyl (C=O) groups is 2. The van der Waals surface area contributed by atoms with Crippen LogP contribution in [0.2, 0.25) is 0 Å². The molecule has 1 unspecified atom stereocenters. The van der Waals surface area contributed by atoms with Gasteiger partial charge >= 0.3 is 12.0 Å². The third-order valence-corrected chi connectivity index (χ3v) is 1.73. The van der Waals surface area contributed by atoms with E-state index in [9.17, 15) is 9.59 Å². The molecule has 2 amide bonds. The van der Waals surface area contributed by atoms with Crippen LogP contribution in [0.4, 0.5) is 4.79 Å². The van der Waals surface area contributed by atoms with Crippen LogP contribution in [0.1, 0.15) is 26.7 Å². The van der Waals surface area contributed by atoms with Crippen molar-refractivity contribution >= 4 is 12.0 Å². The van der Waals surface area contributed by atoms with Crippen molar-refractivity contribution < 1.29 is 14.7 Å². The largest absolute Gasteiger partial charge is 0.480 e. The SMILES string of the molecule is C=C(C)CNC(=O)NC(CCC)C(=O)O. The molecule has 0 radical (unpaired) electrons. The maximum absolute atomic E-state index is 11.2. The van der Waals surface area contributed by atoms with Gasteiger partial charge in [-0.2, -0.15) is 0 Å². The molecule has 0 aliphatic heterocycles. The van der Waals surface area contributed by atoms with E-state index in [0.29, 0.717) is 19.4 Å². The van der Waals surface area contributed by atoms with Crippen molar-refractivity contribution in [2.24, 2.45) is 0 Å². The van der Waals surface area contributed by atoms with E-state index in [1.165, 1.54) is 0 Å². The van der Waals surface area contributed by atoms with Crippen molar-refractivity contribution in [2.75, 3.05) is 6.54 Å². The highest BCUT2D eigenvalue weighted by Gasteiger charge is 2.18. The molecule has 0 aromatic heterocycles. The fraction of sp³-hybridized carbons (Fsp3) is 0.600. The molecule has 0 heterocycles. The van der Waals surface area contributed by atoms with E-state index in [0.717, 1.165) is 5.57 Å². The summed E-state index contributed by atoms with van der Waals surface area (Å²) < 4.78 is 0. The Morgan fingerprint density at radius 2 is 2.07 bits per heavy atom. The molecular weight excluding hydrogens is 196 g/mol. The van der Waals surface area contributed by atoms with E-state index in [-0.39, 0.29) is 0 Å². The summed E-state index contributed by atoms with van der Waals surface area (Å²) in [6, 6.07) is -1.29. The van der Waals surface area contributed by atoms with E-state index >= 15 is 0 Å². The molecule has 0 fully saturated rings. The summed E-state index contributed by atoms with van der Waals surface area (Å²) >= 11 is 0. The average molecular weight is 214 g/mol. The van der Waals surface area contributed by atoms with E-state index < -0.39 is 18.0 Å². The van der Waals surface area contributed by atoms with E-state index in [1.807, 2.05) is 6.92 Å². The maximum Gasteiger partial charge on any atom is 0.326 e. The molecule has 0 aromatic carbocycles. The van der Waals surface area contributed by atoms with Gasteiger partial charge < -0.3 is 15.7 Å². The van der Waals surface area contributed by atoms with E-state index in [1.54, 1.807) is 6.92 Å². The minimum Gasteiger partial charge on any atom is -0.480 e. The second-order valence-corrected chi connectivity index (χ2v) is 3.46. The van der Waals surface area contributed by atoms with Crippen LogP contribution < -0.4 is 10.6 Å². The van der Waals surface area contributed by atoms with Crippen molar-refractivity contribution in [3.8, 4) is 0 Å². The molecular formula is C10H18N2O3. The monoisotopic (exact) mass is 214 g/mol. The molecule has 0 aromatic rings. The standard InChI is InChI=1S/C10H18N2O3/c1-4-5-8(9(13)14)12-10(15)11-6-7(2)3/h8H,2,4-6H2,1,3H3,(H,13,14)(H2,11,12,15). The molecule has 15 heavy (non-hydrogen) atoms. The zero-order valence-electron chi connectivity index (χ0n) is 9.17. The quantitative estimate of drug-likeness (QED) is 0.580. The smallest absolute Gasteiger partial charge is 0.326 e. The molecule has 0 bridgehead atoms. The highest BCUT2D eigenvalue weighted by atomic mass is 16.4. The Hall–Kier alpha value is -1.52. The lowest BCUT2D eigenvalue weighted by Gasteiger charge is -2.14. The van der Waals surface area contributed by atoms with Crippen LogP contribution in [-0.2, 0) is 4.79 Å². The maximum atomic E-state index is 11.2. The van der Waals surface area contributed by atoms with Crippen molar-refractivity contribution in [3.05, 3.63) is 12.2 Å². The number of amides is 2. The van der Waals surface area contributed by atoms with Crippen LogP contribution in [-0.4, -0.2) is 29.7 Å². The lowest BCUT2D eigenvalue weighted by molar-refractivity contribution is -0.139. The van der Waals surface area contributed by atoms with Gasteiger partial charge in [0.05, 0.1) is 0 Å². The van der Waals surface area contributed by atoms with Gasteiger partial charge in [-0.15, -0.1) is 0 Å². The molecule has 1 atom stereocenters. The normalized spacial score (nSPS) is 11.6. The van der Waals surface area contributed by atoms with Crippen molar-refractivity contribution in [2.45, 2.75) is 32.7 Å². The second-order valence-electron chi connectivity index (χ2n) is 3.46. The van der Waals surface area contributed by atoms with E-state index in [2.05, 4.69) is 17.2 Å². The zero-order chi connectivity index (χ0) is 11.8. The summed E-state index contributed by atoms with van der Waals surface area (Å²) in [5.74, 6) is -1.01. The zero-order valence-corrected chi connectivity index (χ0v) is 9.17. The number of rotatable bonds is 6. The van der Waals surface area contributed by atoms with Gasteiger partial charge in [-0.3, -0.25) is 0 Å².